The number of carbonyl (C=O) groups is 2. The van der Waals surface area contributed by atoms with Gasteiger partial charge in [-0.15, -0.1) is 0 Å². The van der Waals surface area contributed by atoms with Gasteiger partial charge in [-0.2, -0.15) is 0 Å². The summed E-state index contributed by atoms with van der Waals surface area (Å²) in [4.78, 5) is 21.7. The molecule has 13 heavy (non-hydrogen) atoms. The SMILES string of the molecule is CC(C)C1C(=O)NC(=O)CC1(F)F. The molecular weight excluding hydrogens is 180 g/mol. The van der Waals surface area contributed by atoms with E-state index in [1.54, 1.807) is 0 Å². The minimum atomic E-state index is -3.20. The van der Waals surface area contributed by atoms with Crippen LogP contribution in [0.2, 0.25) is 0 Å². The fourth-order valence-corrected chi connectivity index (χ4v) is 1.57. The number of hydrogen-bond acceptors (Lipinski definition) is 2. The highest BCUT2D eigenvalue weighted by Gasteiger charge is 2.51. The molecule has 0 aromatic carbocycles. The average molecular weight is 191 g/mol. The van der Waals surface area contributed by atoms with E-state index in [4.69, 9.17) is 0 Å². The van der Waals surface area contributed by atoms with Crippen LogP contribution in [0, 0.1) is 11.8 Å². The predicted octanol–water partition coefficient (Wildman–Crippen LogP) is 0.940. The van der Waals surface area contributed by atoms with Crippen LogP contribution in [0.4, 0.5) is 8.78 Å². The van der Waals surface area contributed by atoms with Gasteiger partial charge in [0.05, 0.1) is 6.42 Å². The van der Waals surface area contributed by atoms with Gasteiger partial charge in [-0.05, 0) is 5.92 Å². The Bertz CT molecular complexity index is 251. The predicted molar refractivity (Wildman–Crippen MR) is 41.0 cm³/mol. The quantitative estimate of drug-likeness (QED) is 0.627. The summed E-state index contributed by atoms with van der Waals surface area (Å²) in [6.07, 6.45) is -0.887. The molecule has 1 rings (SSSR count). The number of alkyl halides is 2. The van der Waals surface area contributed by atoms with Crippen LogP contribution in [-0.4, -0.2) is 17.7 Å². The van der Waals surface area contributed by atoms with Gasteiger partial charge in [0, 0.05) is 0 Å². The van der Waals surface area contributed by atoms with Crippen molar-refractivity contribution in [2.75, 3.05) is 0 Å². The van der Waals surface area contributed by atoms with E-state index in [1.807, 2.05) is 5.32 Å². The van der Waals surface area contributed by atoms with E-state index in [0.29, 0.717) is 0 Å². The van der Waals surface area contributed by atoms with Gasteiger partial charge in [-0.1, -0.05) is 13.8 Å². The molecule has 1 unspecified atom stereocenters. The van der Waals surface area contributed by atoms with Crippen molar-refractivity contribution in [2.24, 2.45) is 11.8 Å². The Morgan fingerprint density at radius 2 is 2.00 bits per heavy atom. The summed E-state index contributed by atoms with van der Waals surface area (Å²) in [5.41, 5.74) is 0. The molecule has 1 aliphatic heterocycles. The summed E-state index contributed by atoms with van der Waals surface area (Å²) in [5.74, 6) is -6.82. The highest BCUT2D eigenvalue weighted by Crippen LogP contribution is 2.36. The first-order chi connectivity index (χ1) is 5.84. The Labute approximate surface area is 74.5 Å². The molecule has 1 aliphatic rings. The zero-order valence-corrected chi connectivity index (χ0v) is 7.43. The molecule has 2 amide bonds. The molecule has 0 aromatic rings. The van der Waals surface area contributed by atoms with E-state index in [9.17, 15) is 18.4 Å². The van der Waals surface area contributed by atoms with E-state index in [0.717, 1.165) is 0 Å². The van der Waals surface area contributed by atoms with Crippen molar-refractivity contribution in [3.63, 3.8) is 0 Å². The molecule has 74 valence electrons. The zero-order valence-electron chi connectivity index (χ0n) is 7.43. The highest BCUT2D eigenvalue weighted by molar-refractivity contribution is 6.00. The van der Waals surface area contributed by atoms with Crippen molar-refractivity contribution in [3.8, 4) is 0 Å². The number of nitrogens with one attached hydrogen (secondary N) is 1. The van der Waals surface area contributed by atoms with Crippen molar-refractivity contribution in [1.82, 2.24) is 5.32 Å². The minimum absolute atomic E-state index is 0.469. The first-order valence-corrected chi connectivity index (χ1v) is 4.06. The number of amides is 2. The van der Waals surface area contributed by atoms with Gasteiger partial charge in [0.2, 0.25) is 11.8 Å². The van der Waals surface area contributed by atoms with Crippen LogP contribution in [-0.2, 0) is 9.59 Å². The third kappa shape index (κ3) is 1.84. The van der Waals surface area contributed by atoms with Gasteiger partial charge in [-0.3, -0.25) is 14.9 Å². The van der Waals surface area contributed by atoms with E-state index in [2.05, 4.69) is 0 Å². The van der Waals surface area contributed by atoms with Gasteiger partial charge in [0.15, 0.2) is 0 Å². The molecule has 0 spiro atoms. The lowest BCUT2D eigenvalue weighted by Crippen LogP contribution is -2.53. The van der Waals surface area contributed by atoms with Crippen LogP contribution in [0.25, 0.3) is 0 Å². The van der Waals surface area contributed by atoms with E-state index >= 15 is 0 Å². The summed E-state index contributed by atoms with van der Waals surface area (Å²) in [6, 6.07) is 0. The van der Waals surface area contributed by atoms with Crippen molar-refractivity contribution in [3.05, 3.63) is 0 Å². The second-order valence-electron chi connectivity index (χ2n) is 3.57. The third-order valence-corrected chi connectivity index (χ3v) is 2.06. The molecule has 0 saturated carbocycles. The molecule has 5 heteroatoms. The number of imide groups is 1. The van der Waals surface area contributed by atoms with Crippen LogP contribution in [0.1, 0.15) is 20.3 Å². The molecular formula is C8H11F2NO2. The summed E-state index contributed by atoms with van der Waals surface area (Å²) >= 11 is 0. The number of carbonyl (C=O) groups excluding carboxylic acids is 2. The number of halogens is 2. The fourth-order valence-electron chi connectivity index (χ4n) is 1.57. The van der Waals surface area contributed by atoms with Crippen LogP contribution in [0.3, 0.4) is 0 Å². The molecule has 0 aromatic heterocycles. The number of rotatable bonds is 1. The van der Waals surface area contributed by atoms with Gasteiger partial charge in [-0.25, -0.2) is 8.78 Å². The molecule has 3 nitrogen and oxygen atoms in total. The lowest BCUT2D eigenvalue weighted by Gasteiger charge is -2.31. The maximum atomic E-state index is 13.1. The second kappa shape index (κ2) is 3.05. The van der Waals surface area contributed by atoms with E-state index in [-0.39, 0.29) is 0 Å². The maximum absolute atomic E-state index is 13.1. The van der Waals surface area contributed by atoms with Gasteiger partial charge in [0.1, 0.15) is 5.92 Å². The lowest BCUT2D eigenvalue weighted by atomic mass is 9.84. The third-order valence-electron chi connectivity index (χ3n) is 2.06. The summed E-state index contributed by atoms with van der Waals surface area (Å²) in [7, 11) is 0. The van der Waals surface area contributed by atoms with Crippen molar-refractivity contribution in [2.45, 2.75) is 26.2 Å². The average Bonchev–Trinajstić information content (AvgIpc) is 1.78. The zero-order chi connectivity index (χ0) is 10.2. The fraction of sp³-hybridized carbons (Fsp3) is 0.750. The van der Waals surface area contributed by atoms with Gasteiger partial charge in [0.25, 0.3) is 5.92 Å². The summed E-state index contributed by atoms with van der Waals surface area (Å²) in [6.45, 7) is 3.07. The molecule has 1 fully saturated rings. The lowest BCUT2D eigenvalue weighted by molar-refractivity contribution is -0.161. The molecule has 1 atom stereocenters. The Hall–Kier alpha value is -1.00. The van der Waals surface area contributed by atoms with Gasteiger partial charge >= 0.3 is 0 Å². The standard InChI is InChI=1S/C8H11F2NO2/c1-4(2)6-7(13)11-5(12)3-8(6,9)10/h4,6H,3H2,1-2H3,(H,11,12,13). The summed E-state index contributed by atoms with van der Waals surface area (Å²) in [5, 5.41) is 1.91. The first kappa shape index (κ1) is 10.1. The normalized spacial score (nSPS) is 27.6. The Balaban J connectivity index is 2.92. The molecule has 1 saturated heterocycles. The second-order valence-corrected chi connectivity index (χ2v) is 3.57. The molecule has 0 bridgehead atoms. The van der Waals surface area contributed by atoms with Crippen LogP contribution < -0.4 is 5.32 Å². The number of piperidine rings is 1. The summed E-state index contributed by atoms with van der Waals surface area (Å²) < 4.78 is 26.3. The molecule has 0 aliphatic carbocycles. The van der Waals surface area contributed by atoms with Crippen molar-refractivity contribution in [1.29, 1.82) is 0 Å². The van der Waals surface area contributed by atoms with Crippen LogP contribution >= 0.6 is 0 Å². The Morgan fingerprint density at radius 1 is 1.46 bits per heavy atom. The van der Waals surface area contributed by atoms with Gasteiger partial charge < -0.3 is 0 Å². The Morgan fingerprint density at radius 3 is 2.38 bits per heavy atom. The topological polar surface area (TPSA) is 46.2 Å². The van der Waals surface area contributed by atoms with Crippen molar-refractivity contribution >= 4 is 11.8 Å². The minimum Gasteiger partial charge on any atom is -0.296 e. The first-order valence-electron chi connectivity index (χ1n) is 4.06. The smallest absolute Gasteiger partial charge is 0.268 e. The van der Waals surface area contributed by atoms with Crippen LogP contribution in [0.15, 0.2) is 0 Å². The van der Waals surface area contributed by atoms with E-state index < -0.39 is 36.0 Å². The van der Waals surface area contributed by atoms with Crippen molar-refractivity contribution < 1.29 is 18.4 Å². The highest BCUT2D eigenvalue weighted by atomic mass is 19.3. The monoisotopic (exact) mass is 191 g/mol. The molecule has 0 radical (unpaired) electrons. The maximum Gasteiger partial charge on any atom is 0.268 e. The Kier molecular flexibility index (Phi) is 2.36. The largest absolute Gasteiger partial charge is 0.296 e. The molecule has 1 heterocycles. The molecule has 1 N–H and O–H groups in total. The van der Waals surface area contributed by atoms with E-state index in [1.165, 1.54) is 13.8 Å². The number of hydrogen-bond donors (Lipinski definition) is 1. The van der Waals surface area contributed by atoms with Crippen LogP contribution in [0.5, 0.6) is 0 Å².